The summed E-state index contributed by atoms with van der Waals surface area (Å²) in [5.74, 6) is 0.624. The van der Waals surface area contributed by atoms with Gasteiger partial charge in [-0.25, -0.2) is 14.9 Å². The minimum Gasteiger partial charge on any atom is -0.449 e. The summed E-state index contributed by atoms with van der Waals surface area (Å²) in [6.07, 6.45) is 2.79. The highest BCUT2D eigenvalue weighted by molar-refractivity contribution is 7.85. The third-order valence-electron chi connectivity index (χ3n) is 3.45. The first-order valence-corrected chi connectivity index (χ1v) is 10.4. The van der Waals surface area contributed by atoms with E-state index in [-0.39, 0.29) is 6.61 Å². The highest BCUT2D eigenvalue weighted by Crippen LogP contribution is 2.12. The van der Waals surface area contributed by atoms with Gasteiger partial charge in [0.25, 0.3) is 0 Å². The van der Waals surface area contributed by atoms with Crippen LogP contribution in [-0.4, -0.2) is 34.4 Å². The second-order valence-electron chi connectivity index (χ2n) is 7.15. The van der Waals surface area contributed by atoms with Gasteiger partial charge in [0, 0.05) is 16.3 Å². The lowest BCUT2D eigenvalue weighted by atomic mass is 10.2. The fraction of sp³-hybridized carbons (Fsp3) is 0.579. The zero-order valence-electron chi connectivity index (χ0n) is 16.3. The minimum atomic E-state index is -0.997. The molecule has 8 heteroatoms. The number of carbonyl (C=O) groups is 2. The minimum absolute atomic E-state index is 0.242. The maximum atomic E-state index is 12.1. The average Bonchev–Trinajstić information content (AvgIpc) is 2.55. The van der Waals surface area contributed by atoms with Gasteiger partial charge >= 0.3 is 12.2 Å². The summed E-state index contributed by atoms with van der Waals surface area (Å²) >= 11 is 0. The van der Waals surface area contributed by atoms with Gasteiger partial charge in [-0.15, -0.1) is 0 Å². The Morgan fingerprint density at radius 1 is 1.00 bits per heavy atom. The Labute approximate surface area is 163 Å². The van der Waals surface area contributed by atoms with Crippen molar-refractivity contribution in [3.8, 4) is 0 Å². The second kappa shape index (κ2) is 11.6. The molecule has 0 radical (unpaired) electrons. The number of nitrogens with one attached hydrogen (secondary N) is 1. The normalized spacial score (nSPS) is 12.3. The van der Waals surface area contributed by atoms with Crippen molar-refractivity contribution < 1.29 is 23.3 Å². The van der Waals surface area contributed by atoms with E-state index >= 15 is 0 Å². The molecule has 0 saturated heterocycles. The van der Waals surface area contributed by atoms with Gasteiger partial charge in [0.05, 0.1) is 17.4 Å². The predicted octanol–water partition coefficient (Wildman–Crippen LogP) is 3.99. The van der Waals surface area contributed by atoms with E-state index in [9.17, 15) is 13.8 Å². The third kappa shape index (κ3) is 11.3. The number of rotatable bonds is 9. The molecule has 27 heavy (non-hydrogen) atoms. The van der Waals surface area contributed by atoms with Crippen LogP contribution < -0.4 is 11.1 Å². The van der Waals surface area contributed by atoms with Crippen molar-refractivity contribution in [3.05, 3.63) is 24.3 Å². The average molecular weight is 399 g/mol. The Morgan fingerprint density at radius 2 is 1.59 bits per heavy atom. The molecule has 7 nitrogen and oxygen atoms in total. The van der Waals surface area contributed by atoms with E-state index in [4.69, 9.17) is 15.2 Å². The summed E-state index contributed by atoms with van der Waals surface area (Å²) < 4.78 is 22.0. The first-order valence-electron chi connectivity index (χ1n) is 9.08. The van der Waals surface area contributed by atoms with Gasteiger partial charge in [-0.3, -0.25) is 4.21 Å². The quantitative estimate of drug-likeness (QED) is 0.481. The van der Waals surface area contributed by atoms with E-state index in [0.29, 0.717) is 17.9 Å². The highest BCUT2D eigenvalue weighted by Gasteiger charge is 2.18. The van der Waals surface area contributed by atoms with Crippen molar-refractivity contribution in [2.45, 2.75) is 63.4 Å². The Bertz CT molecular complexity index is 626. The fourth-order valence-corrected chi connectivity index (χ4v) is 3.33. The van der Waals surface area contributed by atoms with Crippen LogP contribution in [0.5, 0.6) is 0 Å². The molecule has 0 aliphatic rings. The molecule has 1 unspecified atom stereocenters. The number of amides is 2. The van der Waals surface area contributed by atoms with E-state index in [2.05, 4.69) is 0 Å². The van der Waals surface area contributed by atoms with E-state index in [1.54, 1.807) is 45.0 Å². The maximum Gasteiger partial charge on any atom is 0.417 e. The SMILES string of the molecule is CC(C)(C)OC(=O)NC(=O)OCCCCCCCS(=O)c1ccc(N)cc1. The summed E-state index contributed by atoms with van der Waals surface area (Å²) in [5.41, 5.74) is 5.62. The number of carbonyl (C=O) groups excluding carboxylic acids is 2. The van der Waals surface area contributed by atoms with Crippen LogP contribution in [0.15, 0.2) is 29.2 Å². The molecule has 2 amide bonds. The summed E-state index contributed by atoms with van der Waals surface area (Å²) in [5, 5.41) is 2.02. The van der Waals surface area contributed by atoms with Gasteiger partial charge in [0.1, 0.15) is 5.60 Å². The van der Waals surface area contributed by atoms with E-state index in [1.807, 2.05) is 5.32 Å². The number of ether oxygens (including phenoxy) is 2. The molecule has 0 aliphatic carbocycles. The van der Waals surface area contributed by atoms with E-state index < -0.39 is 28.6 Å². The number of benzene rings is 1. The van der Waals surface area contributed by atoms with Gasteiger partial charge in [0.15, 0.2) is 0 Å². The zero-order chi connectivity index (χ0) is 20.3. The lowest BCUT2D eigenvalue weighted by Crippen LogP contribution is -2.36. The largest absolute Gasteiger partial charge is 0.449 e. The molecule has 0 aliphatic heterocycles. The Balaban J connectivity index is 2.02. The van der Waals surface area contributed by atoms with E-state index in [0.717, 1.165) is 30.6 Å². The Morgan fingerprint density at radius 3 is 2.22 bits per heavy atom. The van der Waals surface area contributed by atoms with Gasteiger partial charge < -0.3 is 15.2 Å². The summed E-state index contributed by atoms with van der Waals surface area (Å²) in [7, 11) is -0.997. The van der Waals surface area contributed by atoms with Crippen LogP contribution in [0.2, 0.25) is 0 Å². The third-order valence-corrected chi connectivity index (χ3v) is 4.91. The predicted molar refractivity (Wildman–Crippen MR) is 106 cm³/mol. The second-order valence-corrected chi connectivity index (χ2v) is 8.72. The first-order chi connectivity index (χ1) is 12.7. The van der Waals surface area contributed by atoms with Gasteiger partial charge in [0.2, 0.25) is 0 Å². The molecule has 0 bridgehead atoms. The number of nitrogen functional groups attached to an aromatic ring is 1. The van der Waals surface area contributed by atoms with E-state index in [1.165, 1.54) is 0 Å². The fourth-order valence-electron chi connectivity index (χ4n) is 2.19. The van der Waals surface area contributed by atoms with Gasteiger partial charge in [-0.1, -0.05) is 19.3 Å². The van der Waals surface area contributed by atoms with Gasteiger partial charge in [-0.05, 0) is 57.9 Å². The molecule has 1 aromatic carbocycles. The van der Waals surface area contributed by atoms with Crippen LogP contribution in [-0.2, 0) is 20.3 Å². The summed E-state index contributed by atoms with van der Waals surface area (Å²) in [6.45, 7) is 5.38. The molecule has 1 rings (SSSR count). The number of unbranched alkanes of at least 4 members (excludes halogenated alkanes) is 4. The smallest absolute Gasteiger partial charge is 0.417 e. The number of hydrogen-bond acceptors (Lipinski definition) is 6. The molecule has 1 aromatic rings. The monoisotopic (exact) mass is 398 g/mol. The first kappa shape index (κ1) is 23.0. The van der Waals surface area contributed by atoms with Crippen molar-refractivity contribution in [1.82, 2.24) is 5.32 Å². The molecule has 0 heterocycles. The zero-order valence-corrected chi connectivity index (χ0v) is 17.1. The maximum absolute atomic E-state index is 12.1. The van der Waals surface area contributed by atoms with Crippen molar-refractivity contribution in [1.29, 1.82) is 0 Å². The van der Waals surface area contributed by atoms with Crippen molar-refractivity contribution in [2.75, 3.05) is 18.1 Å². The van der Waals surface area contributed by atoms with Crippen LogP contribution in [0.1, 0.15) is 52.9 Å². The highest BCUT2D eigenvalue weighted by atomic mass is 32.2. The Hall–Kier alpha value is -2.09. The molecule has 0 saturated carbocycles. The topological polar surface area (TPSA) is 108 Å². The van der Waals surface area contributed by atoms with Crippen LogP contribution in [0.4, 0.5) is 15.3 Å². The van der Waals surface area contributed by atoms with Gasteiger partial charge in [-0.2, -0.15) is 0 Å². The lowest BCUT2D eigenvalue weighted by Gasteiger charge is -2.19. The standard InChI is InChI=1S/C19H30N2O5S/c1-19(2,3)26-18(23)21-17(22)25-13-7-5-4-6-8-14-27(24)16-11-9-15(20)10-12-16/h9-12H,4-8,13-14,20H2,1-3H3,(H,21,22,23). The molecule has 0 aromatic heterocycles. The van der Waals surface area contributed by atoms with Crippen LogP contribution >= 0.6 is 0 Å². The lowest BCUT2D eigenvalue weighted by molar-refractivity contribution is 0.0510. The van der Waals surface area contributed by atoms with Crippen LogP contribution in [0.25, 0.3) is 0 Å². The number of alkyl carbamates (subject to hydrolysis) is 2. The number of imide groups is 1. The van der Waals surface area contributed by atoms with Crippen LogP contribution in [0.3, 0.4) is 0 Å². The molecular weight excluding hydrogens is 368 g/mol. The summed E-state index contributed by atoms with van der Waals surface area (Å²) in [4.78, 5) is 23.6. The molecule has 0 spiro atoms. The molecule has 1 atom stereocenters. The molecular formula is C19H30N2O5S. The number of nitrogens with two attached hydrogens (primary N) is 1. The molecule has 3 N–H and O–H groups in total. The number of anilines is 1. The van der Waals surface area contributed by atoms with Crippen molar-refractivity contribution >= 4 is 28.7 Å². The van der Waals surface area contributed by atoms with Crippen LogP contribution in [0, 0.1) is 0 Å². The summed E-state index contributed by atoms with van der Waals surface area (Å²) in [6, 6.07) is 7.11. The Kier molecular flexibility index (Phi) is 9.85. The number of hydrogen-bond donors (Lipinski definition) is 2. The molecule has 0 fully saturated rings. The van der Waals surface area contributed by atoms with Crippen molar-refractivity contribution in [3.63, 3.8) is 0 Å². The molecule has 152 valence electrons. The van der Waals surface area contributed by atoms with Crippen molar-refractivity contribution in [2.24, 2.45) is 0 Å².